The molecule has 1 amide bonds. The van der Waals surface area contributed by atoms with E-state index in [1.807, 2.05) is 16.9 Å². The maximum absolute atomic E-state index is 11.3. The third-order valence-corrected chi connectivity index (χ3v) is 4.73. The number of hydrogen-bond donors (Lipinski definition) is 1. The van der Waals surface area contributed by atoms with E-state index >= 15 is 0 Å². The first-order valence-corrected chi connectivity index (χ1v) is 9.36. The van der Waals surface area contributed by atoms with Crippen molar-refractivity contribution in [2.24, 2.45) is 11.1 Å². The maximum Gasteiger partial charge on any atom is 0.404 e. The normalized spacial score (nSPS) is 19.4. The summed E-state index contributed by atoms with van der Waals surface area (Å²) in [5.74, 6) is 0. The number of primary amides is 1. The highest BCUT2D eigenvalue weighted by Crippen LogP contribution is 2.30. The lowest BCUT2D eigenvalue weighted by molar-refractivity contribution is -0.0366. The first-order chi connectivity index (χ1) is 12.3. The van der Waals surface area contributed by atoms with Gasteiger partial charge in [0.25, 0.3) is 0 Å². The van der Waals surface area contributed by atoms with E-state index in [2.05, 4.69) is 38.0 Å². The van der Waals surface area contributed by atoms with E-state index in [0.29, 0.717) is 6.42 Å². The molecule has 1 unspecified atom stereocenters. The van der Waals surface area contributed by atoms with Crippen LogP contribution in [0.4, 0.5) is 4.79 Å². The van der Waals surface area contributed by atoms with Crippen LogP contribution in [0.1, 0.15) is 58.2 Å². The molecule has 0 bridgehead atoms. The number of nitrogens with two attached hydrogens (primary N) is 1. The Morgan fingerprint density at radius 1 is 1.42 bits per heavy atom. The molecule has 2 aromatic rings. The zero-order chi connectivity index (χ0) is 18.7. The molecular weight excluding hydrogens is 330 g/mol. The minimum atomic E-state index is -0.724. The van der Waals surface area contributed by atoms with Crippen molar-refractivity contribution in [1.82, 2.24) is 9.78 Å². The van der Waals surface area contributed by atoms with Crippen molar-refractivity contribution < 1.29 is 14.3 Å². The van der Waals surface area contributed by atoms with Crippen LogP contribution in [-0.2, 0) is 15.9 Å². The zero-order valence-corrected chi connectivity index (χ0v) is 15.9. The van der Waals surface area contributed by atoms with Gasteiger partial charge in [-0.2, -0.15) is 5.10 Å². The Bertz CT molecular complexity index is 757. The first-order valence-electron chi connectivity index (χ1n) is 9.36. The number of carbonyl (C=O) groups excluding carboxylic acids is 1. The SMILES string of the molecule is CC(C)(C)C[C@H](Cc1cccc2c1cnn2C1CCCCO1)OC(N)=O. The second-order valence-corrected chi connectivity index (χ2v) is 8.29. The fraction of sp³-hybridized carbons (Fsp3) is 0.600. The van der Waals surface area contributed by atoms with Crippen LogP contribution >= 0.6 is 0 Å². The molecule has 1 aromatic carbocycles. The summed E-state index contributed by atoms with van der Waals surface area (Å²) in [4.78, 5) is 11.3. The van der Waals surface area contributed by atoms with Crippen LogP contribution < -0.4 is 5.73 Å². The van der Waals surface area contributed by atoms with Crippen LogP contribution in [-0.4, -0.2) is 28.6 Å². The predicted octanol–water partition coefficient (Wildman–Crippen LogP) is 4.18. The standard InChI is InChI=1S/C20H29N3O3/c1-20(2,3)12-15(26-19(21)24)11-14-7-6-8-17-16(14)13-22-23(17)18-9-4-5-10-25-18/h6-8,13,15,18H,4-5,9-12H2,1-3H3,(H2,21,24)/t15-,18?/m0/s1. The minimum Gasteiger partial charge on any atom is -0.446 e. The quantitative estimate of drug-likeness (QED) is 0.868. The summed E-state index contributed by atoms with van der Waals surface area (Å²) in [7, 11) is 0. The predicted molar refractivity (Wildman–Crippen MR) is 101 cm³/mol. The Hall–Kier alpha value is -2.08. The van der Waals surface area contributed by atoms with E-state index in [-0.39, 0.29) is 17.7 Å². The van der Waals surface area contributed by atoms with Crippen molar-refractivity contribution in [3.8, 4) is 0 Å². The summed E-state index contributed by atoms with van der Waals surface area (Å²) >= 11 is 0. The number of fused-ring (bicyclic) bond motifs is 1. The molecule has 3 rings (SSSR count). The Morgan fingerprint density at radius 3 is 2.88 bits per heavy atom. The molecule has 0 radical (unpaired) electrons. The average molecular weight is 359 g/mol. The largest absolute Gasteiger partial charge is 0.446 e. The molecule has 1 fully saturated rings. The number of carbonyl (C=O) groups is 1. The van der Waals surface area contributed by atoms with Gasteiger partial charge in [-0.25, -0.2) is 9.48 Å². The molecule has 142 valence electrons. The summed E-state index contributed by atoms with van der Waals surface area (Å²) in [6, 6.07) is 6.16. The molecule has 1 aromatic heterocycles. The van der Waals surface area contributed by atoms with E-state index in [1.54, 1.807) is 0 Å². The highest BCUT2D eigenvalue weighted by Gasteiger charge is 2.24. The molecule has 1 saturated heterocycles. The molecule has 6 nitrogen and oxygen atoms in total. The molecule has 1 aliphatic heterocycles. The van der Waals surface area contributed by atoms with Crippen LogP contribution in [0, 0.1) is 5.41 Å². The number of aromatic nitrogens is 2. The van der Waals surface area contributed by atoms with Gasteiger partial charge in [-0.1, -0.05) is 32.9 Å². The van der Waals surface area contributed by atoms with Gasteiger partial charge in [0.15, 0.2) is 6.23 Å². The first kappa shape index (κ1) is 18.7. The van der Waals surface area contributed by atoms with E-state index < -0.39 is 6.09 Å². The smallest absolute Gasteiger partial charge is 0.404 e. The summed E-state index contributed by atoms with van der Waals surface area (Å²) in [6.07, 6.45) is 5.53. The number of rotatable bonds is 5. The maximum atomic E-state index is 11.3. The summed E-state index contributed by atoms with van der Waals surface area (Å²) in [5.41, 5.74) is 7.49. The van der Waals surface area contributed by atoms with Crippen LogP contribution in [0.3, 0.4) is 0 Å². The van der Waals surface area contributed by atoms with Crippen LogP contribution in [0.25, 0.3) is 10.9 Å². The lowest BCUT2D eigenvalue weighted by Gasteiger charge is -2.26. The van der Waals surface area contributed by atoms with Crippen molar-refractivity contribution >= 4 is 17.0 Å². The van der Waals surface area contributed by atoms with Crippen molar-refractivity contribution in [2.75, 3.05) is 6.61 Å². The lowest BCUT2D eigenvalue weighted by Crippen LogP contribution is -2.28. The molecule has 0 saturated carbocycles. The molecule has 2 N–H and O–H groups in total. The number of benzene rings is 1. The Labute approximate surface area is 154 Å². The molecular formula is C20H29N3O3. The summed E-state index contributed by atoms with van der Waals surface area (Å²) < 4.78 is 13.3. The Kier molecular flexibility index (Phi) is 5.51. The number of hydrogen-bond acceptors (Lipinski definition) is 4. The van der Waals surface area contributed by atoms with Crippen molar-refractivity contribution in [3.63, 3.8) is 0 Å². The van der Waals surface area contributed by atoms with Gasteiger partial charge in [0.1, 0.15) is 6.10 Å². The van der Waals surface area contributed by atoms with Crippen molar-refractivity contribution in [2.45, 2.75) is 65.2 Å². The van der Waals surface area contributed by atoms with Crippen LogP contribution in [0.15, 0.2) is 24.4 Å². The van der Waals surface area contributed by atoms with Crippen molar-refractivity contribution in [1.29, 1.82) is 0 Å². The van der Waals surface area contributed by atoms with Crippen LogP contribution in [0.5, 0.6) is 0 Å². The number of amides is 1. The van der Waals surface area contributed by atoms with Gasteiger partial charge >= 0.3 is 6.09 Å². The van der Waals surface area contributed by atoms with E-state index in [0.717, 1.165) is 48.8 Å². The third-order valence-electron chi connectivity index (χ3n) is 4.73. The summed E-state index contributed by atoms with van der Waals surface area (Å²) in [5, 5.41) is 5.66. The van der Waals surface area contributed by atoms with E-state index in [1.165, 1.54) is 0 Å². The zero-order valence-electron chi connectivity index (χ0n) is 15.9. The second-order valence-electron chi connectivity index (χ2n) is 8.29. The third kappa shape index (κ3) is 4.55. The van der Waals surface area contributed by atoms with E-state index in [9.17, 15) is 4.79 Å². The number of nitrogens with zero attached hydrogens (tertiary/aromatic N) is 2. The van der Waals surface area contributed by atoms with Gasteiger partial charge in [0.05, 0.1) is 11.7 Å². The average Bonchev–Trinajstić information content (AvgIpc) is 2.98. The highest BCUT2D eigenvalue weighted by atomic mass is 16.6. The second kappa shape index (κ2) is 7.66. The monoisotopic (exact) mass is 359 g/mol. The molecule has 1 aliphatic rings. The Morgan fingerprint density at radius 2 is 2.23 bits per heavy atom. The molecule has 2 atom stereocenters. The van der Waals surface area contributed by atoms with Gasteiger partial charge in [0, 0.05) is 18.4 Å². The fourth-order valence-corrected chi connectivity index (χ4v) is 3.70. The van der Waals surface area contributed by atoms with Gasteiger partial charge in [-0.3, -0.25) is 0 Å². The van der Waals surface area contributed by atoms with Gasteiger partial charge in [-0.15, -0.1) is 0 Å². The Balaban J connectivity index is 1.86. The molecule has 0 aliphatic carbocycles. The van der Waals surface area contributed by atoms with Crippen LogP contribution in [0.2, 0.25) is 0 Å². The molecule has 26 heavy (non-hydrogen) atoms. The highest BCUT2D eigenvalue weighted by molar-refractivity contribution is 5.82. The molecule has 2 heterocycles. The number of ether oxygens (including phenoxy) is 2. The summed E-state index contributed by atoms with van der Waals surface area (Å²) in [6.45, 7) is 7.17. The van der Waals surface area contributed by atoms with Crippen molar-refractivity contribution in [3.05, 3.63) is 30.0 Å². The van der Waals surface area contributed by atoms with Gasteiger partial charge in [-0.05, 0) is 42.7 Å². The minimum absolute atomic E-state index is 0.00346. The topological polar surface area (TPSA) is 79.4 Å². The lowest BCUT2D eigenvalue weighted by atomic mass is 9.87. The van der Waals surface area contributed by atoms with Gasteiger partial charge < -0.3 is 15.2 Å². The van der Waals surface area contributed by atoms with Gasteiger partial charge in [0.2, 0.25) is 0 Å². The fourth-order valence-electron chi connectivity index (χ4n) is 3.70. The molecule has 6 heteroatoms. The molecule has 0 spiro atoms. The van der Waals surface area contributed by atoms with E-state index in [4.69, 9.17) is 15.2 Å².